The minimum atomic E-state index is 0.389. The van der Waals surface area contributed by atoms with Crippen molar-refractivity contribution in [1.82, 2.24) is 10.3 Å². The summed E-state index contributed by atoms with van der Waals surface area (Å²) in [4.78, 5) is 4.16. The summed E-state index contributed by atoms with van der Waals surface area (Å²) >= 11 is 1.59. The molecule has 2 atom stereocenters. The second kappa shape index (κ2) is 3.51. The zero-order valence-electron chi connectivity index (χ0n) is 7.98. The number of aromatic nitrogens is 1. The van der Waals surface area contributed by atoms with Crippen LogP contribution in [-0.2, 0) is 0 Å². The minimum Gasteiger partial charge on any atom is -0.467 e. The summed E-state index contributed by atoms with van der Waals surface area (Å²) in [6.45, 7) is 0. The summed E-state index contributed by atoms with van der Waals surface area (Å²) in [5, 5.41) is 6.40. The van der Waals surface area contributed by atoms with Gasteiger partial charge in [-0.2, -0.15) is 0 Å². The predicted octanol–water partition coefficient (Wildman–Crippen LogP) is 1.80. The van der Waals surface area contributed by atoms with Crippen LogP contribution in [0.4, 0.5) is 0 Å². The van der Waals surface area contributed by atoms with Crippen molar-refractivity contribution in [2.45, 2.75) is 43.9 Å². The lowest BCUT2D eigenvalue weighted by molar-refractivity contribution is 0.137. The van der Waals surface area contributed by atoms with E-state index in [1.54, 1.807) is 17.5 Å². The van der Waals surface area contributed by atoms with E-state index in [4.69, 9.17) is 4.74 Å². The summed E-state index contributed by atoms with van der Waals surface area (Å²) < 4.78 is 5.84. The number of hydrogen-bond acceptors (Lipinski definition) is 4. The van der Waals surface area contributed by atoms with Crippen LogP contribution in [0.15, 0.2) is 11.6 Å². The maximum Gasteiger partial charge on any atom is 0.273 e. The molecule has 4 heteroatoms. The van der Waals surface area contributed by atoms with Gasteiger partial charge in [0, 0.05) is 23.7 Å². The Hall–Kier alpha value is -0.610. The Labute approximate surface area is 87.5 Å². The molecular weight excluding hydrogens is 196 g/mol. The molecule has 2 fully saturated rings. The van der Waals surface area contributed by atoms with Gasteiger partial charge in [0.2, 0.25) is 0 Å². The monoisotopic (exact) mass is 210 g/mol. The van der Waals surface area contributed by atoms with Gasteiger partial charge < -0.3 is 10.1 Å². The number of fused-ring (bicyclic) bond motifs is 2. The van der Waals surface area contributed by atoms with Gasteiger partial charge in [-0.1, -0.05) is 11.3 Å². The highest BCUT2D eigenvalue weighted by Crippen LogP contribution is 2.29. The second-order valence-corrected chi connectivity index (χ2v) is 5.00. The first-order valence-electron chi connectivity index (χ1n) is 5.22. The van der Waals surface area contributed by atoms with Crippen molar-refractivity contribution in [1.29, 1.82) is 0 Å². The van der Waals surface area contributed by atoms with Gasteiger partial charge in [-0.25, -0.2) is 4.98 Å². The fourth-order valence-electron chi connectivity index (χ4n) is 2.51. The van der Waals surface area contributed by atoms with Gasteiger partial charge in [0.15, 0.2) is 0 Å². The van der Waals surface area contributed by atoms with Crippen molar-refractivity contribution < 1.29 is 4.74 Å². The van der Waals surface area contributed by atoms with Crippen molar-refractivity contribution >= 4 is 11.3 Å². The van der Waals surface area contributed by atoms with Gasteiger partial charge in [-0.05, 0) is 25.7 Å². The van der Waals surface area contributed by atoms with Crippen LogP contribution in [0.25, 0.3) is 0 Å². The molecule has 1 aromatic heterocycles. The van der Waals surface area contributed by atoms with E-state index in [0.29, 0.717) is 18.2 Å². The molecule has 3 rings (SSSR count). The number of nitrogens with zero attached hydrogens (tertiary/aromatic N) is 1. The maximum absolute atomic E-state index is 5.84. The van der Waals surface area contributed by atoms with Crippen LogP contribution in [0.3, 0.4) is 0 Å². The Morgan fingerprint density at radius 1 is 1.36 bits per heavy atom. The quantitative estimate of drug-likeness (QED) is 0.808. The molecule has 2 unspecified atom stereocenters. The third-order valence-corrected chi connectivity index (χ3v) is 3.77. The molecule has 14 heavy (non-hydrogen) atoms. The second-order valence-electron chi connectivity index (χ2n) is 4.15. The fraction of sp³-hybridized carbons (Fsp3) is 0.700. The molecule has 0 saturated carbocycles. The standard InChI is InChI=1S/C10H14N2OS/c1-2-8-6-9(5-7(1)12-8)13-10-11-3-4-14-10/h3-4,7-9,12H,1-2,5-6H2. The molecule has 1 aromatic rings. The first-order chi connectivity index (χ1) is 6.90. The van der Waals surface area contributed by atoms with Crippen LogP contribution in [0.5, 0.6) is 5.19 Å². The zero-order valence-corrected chi connectivity index (χ0v) is 8.80. The molecule has 0 amide bonds. The Morgan fingerprint density at radius 2 is 2.14 bits per heavy atom. The van der Waals surface area contributed by atoms with Crippen molar-refractivity contribution in [2.24, 2.45) is 0 Å². The lowest BCUT2D eigenvalue weighted by Crippen LogP contribution is -2.42. The molecule has 76 valence electrons. The molecule has 0 spiro atoms. The van der Waals surface area contributed by atoms with Crippen LogP contribution in [0.2, 0.25) is 0 Å². The van der Waals surface area contributed by atoms with E-state index in [2.05, 4.69) is 10.3 Å². The average molecular weight is 210 g/mol. The number of ether oxygens (including phenoxy) is 1. The molecule has 0 radical (unpaired) electrons. The van der Waals surface area contributed by atoms with Crippen LogP contribution in [0, 0.1) is 0 Å². The Morgan fingerprint density at radius 3 is 2.79 bits per heavy atom. The van der Waals surface area contributed by atoms with Gasteiger partial charge >= 0.3 is 0 Å². The van der Waals surface area contributed by atoms with Crippen molar-refractivity contribution in [2.75, 3.05) is 0 Å². The van der Waals surface area contributed by atoms with E-state index in [1.807, 2.05) is 5.38 Å². The number of hydrogen-bond donors (Lipinski definition) is 1. The van der Waals surface area contributed by atoms with Crippen LogP contribution in [0.1, 0.15) is 25.7 Å². The smallest absolute Gasteiger partial charge is 0.273 e. The molecule has 2 aliphatic heterocycles. The number of rotatable bonds is 2. The molecule has 0 aliphatic carbocycles. The van der Waals surface area contributed by atoms with Crippen molar-refractivity contribution in [3.05, 3.63) is 11.6 Å². The summed E-state index contributed by atoms with van der Waals surface area (Å²) in [7, 11) is 0. The van der Waals surface area contributed by atoms with Gasteiger partial charge in [0.25, 0.3) is 5.19 Å². The lowest BCUT2D eigenvalue weighted by atomic mass is 10.0. The van der Waals surface area contributed by atoms with Gasteiger partial charge in [-0.3, -0.25) is 0 Å². The minimum absolute atomic E-state index is 0.389. The topological polar surface area (TPSA) is 34.1 Å². The van der Waals surface area contributed by atoms with Gasteiger partial charge in [0.1, 0.15) is 6.10 Å². The molecule has 2 bridgehead atoms. The highest BCUT2D eigenvalue weighted by Gasteiger charge is 2.34. The van der Waals surface area contributed by atoms with E-state index < -0.39 is 0 Å². The summed E-state index contributed by atoms with van der Waals surface area (Å²) in [6.07, 6.45) is 7.13. The first-order valence-corrected chi connectivity index (χ1v) is 6.10. The average Bonchev–Trinajstić information content (AvgIpc) is 2.77. The molecule has 2 saturated heterocycles. The third kappa shape index (κ3) is 1.64. The highest BCUT2D eigenvalue weighted by molar-refractivity contribution is 7.11. The number of piperidine rings is 1. The molecule has 3 heterocycles. The SMILES string of the molecule is c1csc(OC2CC3CCC(C2)N3)n1. The van der Waals surface area contributed by atoms with Crippen molar-refractivity contribution in [3.63, 3.8) is 0 Å². The normalized spacial score (nSPS) is 35.9. The lowest BCUT2D eigenvalue weighted by Gasteiger charge is -2.28. The largest absolute Gasteiger partial charge is 0.467 e. The third-order valence-electron chi connectivity index (χ3n) is 3.11. The summed E-state index contributed by atoms with van der Waals surface area (Å²) in [5.41, 5.74) is 0. The maximum atomic E-state index is 5.84. The molecule has 3 nitrogen and oxygen atoms in total. The summed E-state index contributed by atoms with van der Waals surface area (Å²) in [5.74, 6) is 0. The number of nitrogens with one attached hydrogen (secondary N) is 1. The first kappa shape index (κ1) is 8.68. The van der Waals surface area contributed by atoms with Crippen molar-refractivity contribution in [3.8, 4) is 5.19 Å². The van der Waals surface area contributed by atoms with Gasteiger partial charge in [0.05, 0.1) is 0 Å². The predicted molar refractivity (Wildman–Crippen MR) is 55.7 cm³/mol. The van der Waals surface area contributed by atoms with E-state index >= 15 is 0 Å². The van der Waals surface area contributed by atoms with E-state index in [9.17, 15) is 0 Å². The van der Waals surface area contributed by atoms with Crippen LogP contribution >= 0.6 is 11.3 Å². The van der Waals surface area contributed by atoms with Crippen LogP contribution in [-0.4, -0.2) is 23.2 Å². The van der Waals surface area contributed by atoms with E-state index in [0.717, 1.165) is 18.0 Å². The van der Waals surface area contributed by atoms with E-state index in [1.165, 1.54) is 12.8 Å². The van der Waals surface area contributed by atoms with Crippen LogP contribution < -0.4 is 10.1 Å². The fourth-order valence-corrected chi connectivity index (χ4v) is 3.06. The van der Waals surface area contributed by atoms with Gasteiger partial charge in [-0.15, -0.1) is 0 Å². The van der Waals surface area contributed by atoms with E-state index in [-0.39, 0.29) is 0 Å². The Kier molecular flexibility index (Phi) is 2.18. The zero-order chi connectivity index (χ0) is 9.38. The Bertz CT molecular complexity index is 289. The molecule has 2 aliphatic rings. The Balaban J connectivity index is 1.64. The molecule has 1 N–H and O–H groups in total. The molecular formula is C10H14N2OS. The highest BCUT2D eigenvalue weighted by atomic mass is 32.1. The molecule has 0 aromatic carbocycles. The number of thiazole rings is 1. The summed E-state index contributed by atoms with van der Waals surface area (Å²) in [6, 6.07) is 1.39.